The maximum atomic E-state index is 12.8. The maximum Gasteiger partial charge on any atom is 0.244 e. The monoisotopic (exact) mass is 387 g/mol. The predicted molar refractivity (Wildman–Crippen MR) is 91.0 cm³/mol. The van der Waals surface area contributed by atoms with E-state index in [1.807, 2.05) is 0 Å². The minimum absolute atomic E-state index is 0.0637. The Morgan fingerprint density at radius 3 is 2.79 bits per heavy atom. The van der Waals surface area contributed by atoms with Crippen LogP contribution in [0.4, 0.5) is 0 Å². The highest BCUT2D eigenvalue weighted by molar-refractivity contribution is 7.89. The van der Waals surface area contributed by atoms with Crippen molar-refractivity contribution in [2.75, 3.05) is 13.1 Å². The molecule has 0 aliphatic carbocycles. The second-order valence-corrected chi connectivity index (χ2v) is 8.19. The highest BCUT2D eigenvalue weighted by Crippen LogP contribution is 2.32. The SMILES string of the molecule is Cc1cc(S(=O)(=O)N2CCC(Oc3ccncn3)C2)c(Cl)cc1Cl. The fraction of sp³-hybridized carbons (Fsp3) is 0.333. The summed E-state index contributed by atoms with van der Waals surface area (Å²) in [6.45, 7) is 2.34. The van der Waals surface area contributed by atoms with Crippen LogP contribution in [0.25, 0.3) is 0 Å². The molecule has 1 saturated heterocycles. The third-order valence-electron chi connectivity index (χ3n) is 3.78. The van der Waals surface area contributed by atoms with Crippen molar-refractivity contribution in [2.45, 2.75) is 24.3 Å². The average molecular weight is 388 g/mol. The number of hydrogen-bond donors (Lipinski definition) is 0. The lowest BCUT2D eigenvalue weighted by atomic mass is 10.2. The summed E-state index contributed by atoms with van der Waals surface area (Å²) in [7, 11) is -3.70. The number of sulfonamides is 1. The van der Waals surface area contributed by atoms with Crippen LogP contribution in [0, 0.1) is 6.92 Å². The van der Waals surface area contributed by atoms with Gasteiger partial charge in [-0.1, -0.05) is 23.2 Å². The van der Waals surface area contributed by atoms with Gasteiger partial charge in [-0.3, -0.25) is 0 Å². The number of hydrogen-bond acceptors (Lipinski definition) is 5. The number of aryl methyl sites for hydroxylation is 1. The summed E-state index contributed by atoms with van der Waals surface area (Å²) in [6.07, 6.45) is 3.27. The van der Waals surface area contributed by atoms with Crippen LogP contribution in [0.15, 0.2) is 35.6 Å². The normalized spacial score (nSPS) is 18.7. The third kappa shape index (κ3) is 3.49. The lowest BCUT2D eigenvalue weighted by Gasteiger charge is -2.18. The van der Waals surface area contributed by atoms with Gasteiger partial charge in [-0.05, 0) is 31.0 Å². The van der Waals surface area contributed by atoms with Crippen molar-refractivity contribution in [1.29, 1.82) is 0 Å². The van der Waals surface area contributed by atoms with E-state index in [1.165, 1.54) is 22.8 Å². The molecule has 24 heavy (non-hydrogen) atoms. The molecule has 6 nitrogen and oxygen atoms in total. The van der Waals surface area contributed by atoms with Gasteiger partial charge in [0.05, 0.1) is 11.6 Å². The highest BCUT2D eigenvalue weighted by Gasteiger charge is 2.35. The van der Waals surface area contributed by atoms with E-state index in [1.54, 1.807) is 19.2 Å². The van der Waals surface area contributed by atoms with E-state index in [9.17, 15) is 8.42 Å². The van der Waals surface area contributed by atoms with E-state index in [-0.39, 0.29) is 22.6 Å². The lowest BCUT2D eigenvalue weighted by Crippen LogP contribution is -2.31. The van der Waals surface area contributed by atoms with Gasteiger partial charge in [0.25, 0.3) is 0 Å². The molecule has 0 spiro atoms. The zero-order chi connectivity index (χ0) is 17.3. The van der Waals surface area contributed by atoms with Crippen LogP contribution in [-0.2, 0) is 10.0 Å². The minimum Gasteiger partial charge on any atom is -0.473 e. The predicted octanol–water partition coefficient (Wildman–Crippen LogP) is 2.93. The zero-order valence-electron chi connectivity index (χ0n) is 12.8. The highest BCUT2D eigenvalue weighted by atomic mass is 35.5. The molecule has 1 aliphatic heterocycles. The second-order valence-electron chi connectivity index (χ2n) is 5.47. The summed E-state index contributed by atoms with van der Waals surface area (Å²) in [4.78, 5) is 7.87. The van der Waals surface area contributed by atoms with Gasteiger partial charge in [-0.2, -0.15) is 4.31 Å². The quantitative estimate of drug-likeness (QED) is 0.806. The first kappa shape index (κ1) is 17.4. The van der Waals surface area contributed by atoms with Crippen molar-refractivity contribution >= 4 is 33.2 Å². The van der Waals surface area contributed by atoms with Gasteiger partial charge in [0.2, 0.25) is 15.9 Å². The van der Waals surface area contributed by atoms with E-state index < -0.39 is 10.0 Å². The number of nitrogens with zero attached hydrogens (tertiary/aromatic N) is 3. The standard InChI is InChI=1S/C15H15Cl2N3O3S/c1-10-6-14(13(17)7-12(10)16)24(21,22)20-5-3-11(8-20)23-15-2-4-18-9-19-15/h2,4,6-7,9,11H,3,5,8H2,1H3. The molecular formula is C15H15Cl2N3O3S. The molecule has 1 aliphatic rings. The van der Waals surface area contributed by atoms with E-state index >= 15 is 0 Å². The molecular weight excluding hydrogens is 373 g/mol. The molecule has 0 amide bonds. The first-order valence-corrected chi connectivity index (χ1v) is 9.46. The summed E-state index contributed by atoms with van der Waals surface area (Å²) in [6, 6.07) is 4.59. The lowest BCUT2D eigenvalue weighted by molar-refractivity contribution is 0.206. The van der Waals surface area contributed by atoms with Crippen LogP contribution >= 0.6 is 23.2 Å². The van der Waals surface area contributed by atoms with Gasteiger partial charge in [0, 0.05) is 23.8 Å². The van der Waals surface area contributed by atoms with Crippen molar-refractivity contribution in [3.05, 3.63) is 46.3 Å². The first-order valence-electron chi connectivity index (χ1n) is 7.26. The zero-order valence-corrected chi connectivity index (χ0v) is 15.1. The number of rotatable bonds is 4. The van der Waals surface area contributed by atoms with Crippen LogP contribution < -0.4 is 4.74 Å². The van der Waals surface area contributed by atoms with Crippen molar-refractivity contribution in [3.8, 4) is 5.88 Å². The number of ether oxygens (including phenoxy) is 1. The summed E-state index contributed by atoms with van der Waals surface area (Å²) in [5.74, 6) is 0.426. The molecule has 0 saturated carbocycles. The molecule has 1 atom stereocenters. The molecule has 2 heterocycles. The molecule has 0 N–H and O–H groups in total. The van der Waals surface area contributed by atoms with Crippen LogP contribution in [0.3, 0.4) is 0 Å². The minimum atomic E-state index is -3.70. The summed E-state index contributed by atoms with van der Waals surface area (Å²) >= 11 is 12.1. The largest absolute Gasteiger partial charge is 0.473 e. The molecule has 0 radical (unpaired) electrons. The fourth-order valence-corrected chi connectivity index (χ4v) is 4.79. The van der Waals surface area contributed by atoms with Crippen LogP contribution in [-0.4, -0.2) is 41.9 Å². The Kier molecular flexibility index (Phi) is 4.96. The Hall–Kier alpha value is -1.41. The Labute approximate surface area is 150 Å². The summed E-state index contributed by atoms with van der Waals surface area (Å²) in [5.41, 5.74) is 0.660. The van der Waals surface area contributed by atoms with E-state index in [0.29, 0.717) is 29.4 Å². The number of halogens is 2. The molecule has 0 bridgehead atoms. The Morgan fingerprint density at radius 2 is 2.08 bits per heavy atom. The van der Waals surface area contributed by atoms with Gasteiger partial charge in [-0.25, -0.2) is 18.4 Å². The second kappa shape index (κ2) is 6.84. The Bertz CT molecular complexity index is 847. The summed E-state index contributed by atoms with van der Waals surface area (Å²) < 4.78 is 32.7. The molecule has 3 rings (SSSR count). The Morgan fingerprint density at radius 1 is 1.29 bits per heavy atom. The van der Waals surface area contributed by atoms with Gasteiger partial charge < -0.3 is 4.74 Å². The molecule has 1 aromatic carbocycles. The molecule has 2 aromatic rings. The van der Waals surface area contributed by atoms with Crippen LogP contribution in [0.1, 0.15) is 12.0 Å². The molecule has 9 heteroatoms. The van der Waals surface area contributed by atoms with Crippen molar-refractivity contribution in [1.82, 2.24) is 14.3 Å². The number of aromatic nitrogens is 2. The van der Waals surface area contributed by atoms with E-state index in [2.05, 4.69) is 9.97 Å². The van der Waals surface area contributed by atoms with Crippen molar-refractivity contribution in [3.63, 3.8) is 0 Å². The van der Waals surface area contributed by atoms with Gasteiger partial charge in [0.1, 0.15) is 17.3 Å². The van der Waals surface area contributed by atoms with Crippen LogP contribution in [0.2, 0.25) is 10.0 Å². The number of benzene rings is 1. The fourth-order valence-electron chi connectivity index (χ4n) is 2.50. The smallest absolute Gasteiger partial charge is 0.244 e. The summed E-state index contributed by atoms with van der Waals surface area (Å²) in [5, 5.41) is 0.552. The van der Waals surface area contributed by atoms with Crippen molar-refractivity contribution < 1.29 is 13.2 Å². The van der Waals surface area contributed by atoms with Gasteiger partial charge in [0.15, 0.2) is 0 Å². The molecule has 1 unspecified atom stereocenters. The molecule has 1 fully saturated rings. The first-order chi connectivity index (χ1) is 11.4. The van der Waals surface area contributed by atoms with Crippen molar-refractivity contribution in [2.24, 2.45) is 0 Å². The van der Waals surface area contributed by atoms with Gasteiger partial charge in [-0.15, -0.1) is 0 Å². The topological polar surface area (TPSA) is 72.4 Å². The van der Waals surface area contributed by atoms with Gasteiger partial charge >= 0.3 is 0 Å². The Balaban J connectivity index is 1.78. The average Bonchev–Trinajstić information content (AvgIpc) is 3.01. The third-order valence-corrected chi connectivity index (χ3v) is 6.52. The van der Waals surface area contributed by atoms with E-state index in [0.717, 1.165) is 0 Å². The molecule has 1 aromatic heterocycles. The van der Waals surface area contributed by atoms with Crippen LogP contribution in [0.5, 0.6) is 5.88 Å². The molecule has 128 valence electrons. The van der Waals surface area contributed by atoms with E-state index in [4.69, 9.17) is 27.9 Å². The maximum absolute atomic E-state index is 12.8.